The van der Waals surface area contributed by atoms with Gasteiger partial charge in [-0.2, -0.15) is 0 Å². The van der Waals surface area contributed by atoms with E-state index in [4.69, 9.17) is 0 Å². The van der Waals surface area contributed by atoms with Gasteiger partial charge in [-0.15, -0.1) is 0 Å². The molecule has 0 radical (unpaired) electrons. The van der Waals surface area contributed by atoms with Crippen LogP contribution in [0.4, 0.5) is 11.4 Å². The number of sulfonamides is 1. The molecule has 29 heavy (non-hydrogen) atoms. The van der Waals surface area contributed by atoms with E-state index in [0.29, 0.717) is 16.9 Å². The highest BCUT2D eigenvalue weighted by atomic mass is 32.2. The third-order valence-electron chi connectivity index (χ3n) is 4.22. The summed E-state index contributed by atoms with van der Waals surface area (Å²) >= 11 is 0. The van der Waals surface area contributed by atoms with Gasteiger partial charge in [0.25, 0.3) is 10.0 Å². The summed E-state index contributed by atoms with van der Waals surface area (Å²) in [7, 11) is -3.94. The highest BCUT2D eigenvalue weighted by Crippen LogP contribution is 2.23. The van der Waals surface area contributed by atoms with Gasteiger partial charge in [0.05, 0.1) is 10.6 Å². The molecule has 0 spiro atoms. The number of hydrogen-bond donors (Lipinski definition) is 1. The third kappa shape index (κ3) is 4.89. The molecular formula is C22H20N2O4S. The van der Waals surface area contributed by atoms with Crippen LogP contribution in [0.3, 0.4) is 0 Å². The Labute approximate surface area is 169 Å². The van der Waals surface area contributed by atoms with Gasteiger partial charge in [0.2, 0.25) is 5.91 Å². The van der Waals surface area contributed by atoms with Gasteiger partial charge in [-0.1, -0.05) is 48.5 Å². The molecule has 0 heterocycles. The van der Waals surface area contributed by atoms with E-state index >= 15 is 0 Å². The van der Waals surface area contributed by atoms with E-state index in [1.54, 1.807) is 72.8 Å². The number of hydrogen-bond acceptors (Lipinski definition) is 4. The normalized spacial score (nSPS) is 10.9. The van der Waals surface area contributed by atoms with Crippen LogP contribution >= 0.6 is 0 Å². The Hall–Kier alpha value is -3.45. The minimum absolute atomic E-state index is 0.0928. The molecule has 0 saturated heterocycles. The summed E-state index contributed by atoms with van der Waals surface area (Å²) in [6.07, 6.45) is 0. The van der Waals surface area contributed by atoms with Crippen LogP contribution in [0.5, 0.6) is 0 Å². The fraction of sp³-hybridized carbons (Fsp3) is 0.0909. The quantitative estimate of drug-likeness (QED) is 0.604. The van der Waals surface area contributed by atoms with E-state index < -0.39 is 22.5 Å². The molecule has 0 aliphatic carbocycles. The molecule has 0 atom stereocenters. The molecule has 148 valence electrons. The van der Waals surface area contributed by atoms with E-state index in [0.717, 1.165) is 4.31 Å². The van der Waals surface area contributed by atoms with Gasteiger partial charge in [-0.25, -0.2) is 8.42 Å². The van der Waals surface area contributed by atoms with Crippen molar-refractivity contribution in [3.8, 4) is 0 Å². The van der Waals surface area contributed by atoms with Crippen molar-refractivity contribution >= 4 is 33.1 Å². The Bertz CT molecular complexity index is 1110. The van der Waals surface area contributed by atoms with E-state index in [2.05, 4.69) is 5.32 Å². The molecule has 0 bridgehead atoms. The smallest absolute Gasteiger partial charge is 0.264 e. The molecule has 0 fully saturated rings. The van der Waals surface area contributed by atoms with Crippen molar-refractivity contribution < 1.29 is 18.0 Å². The predicted octanol–water partition coefficient (Wildman–Crippen LogP) is 3.72. The van der Waals surface area contributed by atoms with Crippen LogP contribution in [0.1, 0.15) is 17.3 Å². The molecule has 0 aromatic heterocycles. The molecule has 1 amide bonds. The molecule has 3 aromatic carbocycles. The summed E-state index contributed by atoms with van der Waals surface area (Å²) in [4.78, 5) is 24.3. The first kappa shape index (κ1) is 20.3. The number of carbonyl (C=O) groups is 2. The van der Waals surface area contributed by atoms with E-state index in [1.165, 1.54) is 19.1 Å². The molecule has 0 saturated carbocycles. The zero-order valence-electron chi connectivity index (χ0n) is 15.8. The highest BCUT2D eigenvalue weighted by Gasteiger charge is 2.27. The van der Waals surface area contributed by atoms with Crippen molar-refractivity contribution in [2.45, 2.75) is 11.8 Å². The van der Waals surface area contributed by atoms with Crippen LogP contribution in [-0.4, -0.2) is 26.7 Å². The lowest BCUT2D eigenvalue weighted by Crippen LogP contribution is -2.38. The molecule has 0 aliphatic rings. The van der Waals surface area contributed by atoms with Crippen LogP contribution in [0.2, 0.25) is 0 Å². The van der Waals surface area contributed by atoms with Gasteiger partial charge >= 0.3 is 0 Å². The average Bonchev–Trinajstić information content (AvgIpc) is 2.73. The average molecular weight is 408 g/mol. The number of anilines is 2. The SMILES string of the molecule is CC(=O)c1cccc(NC(=O)CN(c2ccccc2)S(=O)(=O)c2ccccc2)c1. The fourth-order valence-electron chi connectivity index (χ4n) is 2.78. The number of benzene rings is 3. The van der Waals surface area contributed by atoms with Crippen molar-refractivity contribution in [2.24, 2.45) is 0 Å². The van der Waals surface area contributed by atoms with Gasteiger partial charge in [0.15, 0.2) is 5.78 Å². The largest absolute Gasteiger partial charge is 0.324 e. The Morgan fingerprint density at radius 3 is 2.10 bits per heavy atom. The van der Waals surface area contributed by atoms with E-state index in [9.17, 15) is 18.0 Å². The Balaban J connectivity index is 1.89. The van der Waals surface area contributed by atoms with Crippen LogP contribution in [0.25, 0.3) is 0 Å². The maximum atomic E-state index is 13.2. The summed E-state index contributed by atoms with van der Waals surface area (Å²) in [5.74, 6) is -0.646. The van der Waals surface area contributed by atoms with Crippen molar-refractivity contribution in [1.29, 1.82) is 0 Å². The second-order valence-corrected chi connectivity index (χ2v) is 8.21. The number of para-hydroxylation sites is 1. The number of nitrogens with zero attached hydrogens (tertiary/aromatic N) is 1. The zero-order valence-corrected chi connectivity index (χ0v) is 16.6. The molecule has 0 unspecified atom stereocenters. The van der Waals surface area contributed by atoms with Crippen LogP contribution in [0.15, 0.2) is 89.8 Å². The van der Waals surface area contributed by atoms with Crippen LogP contribution in [-0.2, 0) is 14.8 Å². The molecular weight excluding hydrogens is 388 g/mol. The molecule has 6 nitrogen and oxygen atoms in total. The topological polar surface area (TPSA) is 83.6 Å². The summed E-state index contributed by atoms with van der Waals surface area (Å²) < 4.78 is 27.4. The van der Waals surface area contributed by atoms with Crippen molar-refractivity contribution in [1.82, 2.24) is 0 Å². The number of ketones is 1. The minimum Gasteiger partial charge on any atom is -0.324 e. The monoisotopic (exact) mass is 408 g/mol. The number of Topliss-reactive ketones (excluding diaryl/α,β-unsaturated/α-hetero) is 1. The van der Waals surface area contributed by atoms with Gasteiger partial charge in [0.1, 0.15) is 6.54 Å². The lowest BCUT2D eigenvalue weighted by atomic mass is 10.1. The van der Waals surface area contributed by atoms with Crippen LogP contribution in [0, 0.1) is 0 Å². The molecule has 0 aliphatic heterocycles. The fourth-order valence-corrected chi connectivity index (χ4v) is 4.22. The number of rotatable bonds is 7. The zero-order chi connectivity index (χ0) is 20.9. The maximum Gasteiger partial charge on any atom is 0.264 e. The number of amides is 1. The molecule has 3 rings (SSSR count). The molecule has 3 aromatic rings. The first-order valence-electron chi connectivity index (χ1n) is 8.91. The summed E-state index contributed by atoms with van der Waals surface area (Å²) in [5.41, 5.74) is 1.26. The van der Waals surface area contributed by atoms with Gasteiger partial charge < -0.3 is 5.32 Å². The van der Waals surface area contributed by atoms with Crippen molar-refractivity contribution in [2.75, 3.05) is 16.2 Å². The second kappa shape index (κ2) is 8.70. The summed E-state index contributed by atoms with van der Waals surface area (Å²) in [6.45, 7) is 1.02. The van der Waals surface area contributed by atoms with E-state index in [-0.39, 0.29) is 10.7 Å². The maximum absolute atomic E-state index is 13.2. The summed E-state index contributed by atoms with van der Waals surface area (Å²) in [6, 6.07) is 22.9. The minimum atomic E-state index is -3.94. The Morgan fingerprint density at radius 1 is 0.862 bits per heavy atom. The Kier molecular flexibility index (Phi) is 6.09. The van der Waals surface area contributed by atoms with Crippen molar-refractivity contribution in [3.63, 3.8) is 0 Å². The number of carbonyl (C=O) groups excluding carboxylic acids is 2. The van der Waals surface area contributed by atoms with Gasteiger partial charge in [0, 0.05) is 11.3 Å². The summed E-state index contributed by atoms with van der Waals surface area (Å²) in [5, 5.41) is 2.66. The first-order chi connectivity index (χ1) is 13.9. The van der Waals surface area contributed by atoms with E-state index in [1.807, 2.05) is 0 Å². The third-order valence-corrected chi connectivity index (χ3v) is 6.00. The number of nitrogens with one attached hydrogen (secondary N) is 1. The van der Waals surface area contributed by atoms with Gasteiger partial charge in [-0.05, 0) is 43.3 Å². The first-order valence-corrected chi connectivity index (χ1v) is 10.4. The predicted molar refractivity (Wildman–Crippen MR) is 112 cm³/mol. The van der Waals surface area contributed by atoms with Gasteiger partial charge in [-0.3, -0.25) is 13.9 Å². The molecule has 1 N–H and O–H groups in total. The van der Waals surface area contributed by atoms with Crippen molar-refractivity contribution in [3.05, 3.63) is 90.5 Å². The molecule has 7 heteroatoms. The Morgan fingerprint density at radius 2 is 1.48 bits per heavy atom. The van der Waals surface area contributed by atoms with Crippen LogP contribution < -0.4 is 9.62 Å². The standard InChI is InChI=1S/C22H20N2O4S/c1-17(25)18-9-8-10-19(15-18)23-22(26)16-24(20-11-4-2-5-12-20)29(27,28)21-13-6-3-7-14-21/h2-15H,16H2,1H3,(H,23,26). The lowest BCUT2D eigenvalue weighted by molar-refractivity contribution is -0.114. The second-order valence-electron chi connectivity index (χ2n) is 6.35. The highest BCUT2D eigenvalue weighted by molar-refractivity contribution is 7.92. The lowest BCUT2D eigenvalue weighted by Gasteiger charge is -2.24.